The highest BCUT2D eigenvalue weighted by Crippen LogP contribution is 2.21. The van der Waals surface area contributed by atoms with E-state index in [2.05, 4.69) is 5.32 Å². The van der Waals surface area contributed by atoms with E-state index in [-0.39, 0.29) is 5.91 Å². The number of hydrogen-bond donors (Lipinski definition) is 1. The molecule has 0 spiro atoms. The van der Waals surface area contributed by atoms with Crippen molar-refractivity contribution >= 4 is 21.6 Å². The molecule has 2 aromatic carbocycles. The minimum atomic E-state index is -3.58. The van der Waals surface area contributed by atoms with Gasteiger partial charge < -0.3 is 5.32 Å². The molecule has 0 aliphatic carbocycles. The SMILES string of the molecule is Cc1cccc(N([C@H](C)C(=O)NCCc2ccccc2)S(C)(=O)=O)c1. The van der Waals surface area contributed by atoms with Crippen LogP contribution in [0.25, 0.3) is 0 Å². The molecule has 0 unspecified atom stereocenters. The van der Waals surface area contributed by atoms with Gasteiger partial charge in [0.05, 0.1) is 11.9 Å². The molecule has 0 radical (unpaired) electrons. The molecule has 25 heavy (non-hydrogen) atoms. The van der Waals surface area contributed by atoms with Gasteiger partial charge in [0.15, 0.2) is 0 Å². The number of nitrogens with one attached hydrogen (secondary N) is 1. The average Bonchev–Trinajstić information content (AvgIpc) is 2.54. The van der Waals surface area contributed by atoms with E-state index in [1.165, 1.54) is 0 Å². The zero-order valence-corrected chi connectivity index (χ0v) is 15.6. The smallest absolute Gasteiger partial charge is 0.243 e. The van der Waals surface area contributed by atoms with Crippen molar-refractivity contribution in [2.45, 2.75) is 26.3 Å². The molecular weight excluding hydrogens is 336 g/mol. The van der Waals surface area contributed by atoms with Crippen molar-refractivity contribution in [2.24, 2.45) is 0 Å². The van der Waals surface area contributed by atoms with Crippen LogP contribution in [0.2, 0.25) is 0 Å². The molecular formula is C19H24N2O3S. The van der Waals surface area contributed by atoms with E-state index in [0.29, 0.717) is 18.7 Å². The van der Waals surface area contributed by atoms with Gasteiger partial charge in [-0.05, 0) is 43.5 Å². The topological polar surface area (TPSA) is 66.5 Å². The summed E-state index contributed by atoms with van der Waals surface area (Å²) in [7, 11) is -3.58. The van der Waals surface area contributed by atoms with Crippen molar-refractivity contribution in [1.82, 2.24) is 5.32 Å². The number of nitrogens with zero attached hydrogens (tertiary/aromatic N) is 1. The minimum absolute atomic E-state index is 0.317. The normalized spacial score (nSPS) is 12.4. The Morgan fingerprint density at radius 3 is 2.40 bits per heavy atom. The lowest BCUT2D eigenvalue weighted by atomic mass is 10.1. The number of aryl methyl sites for hydroxylation is 1. The van der Waals surface area contributed by atoms with Gasteiger partial charge in [-0.1, -0.05) is 42.5 Å². The Labute approximate surface area is 149 Å². The summed E-state index contributed by atoms with van der Waals surface area (Å²) in [5, 5.41) is 2.82. The van der Waals surface area contributed by atoms with E-state index in [1.807, 2.05) is 43.3 Å². The minimum Gasteiger partial charge on any atom is -0.354 e. The Balaban J connectivity index is 2.08. The number of anilines is 1. The third-order valence-corrected chi connectivity index (χ3v) is 5.14. The molecule has 0 fully saturated rings. The Bertz CT molecular complexity index is 820. The summed E-state index contributed by atoms with van der Waals surface area (Å²) in [5.41, 5.74) is 2.55. The fraction of sp³-hybridized carbons (Fsp3) is 0.316. The second kappa shape index (κ2) is 8.16. The summed E-state index contributed by atoms with van der Waals surface area (Å²) in [6, 6.07) is 16.1. The second-order valence-electron chi connectivity index (χ2n) is 6.10. The molecule has 0 aromatic heterocycles. The van der Waals surface area contributed by atoms with Gasteiger partial charge in [0.2, 0.25) is 15.9 Å². The number of carbonyl (C=O) groups excluding carboxylic acids is 1. The molecule has 6 heteroatoms. The average molecular weight is 360 g/mol. The van der Waals surface area contributed by atoms with Crippen LogP contribution in [0.5, 0.6) is 0 Å². The summed E-state index contributed by atoms with van der Waals surface area (Å²) in [6.07, 6.45) is 1.81. The predicted octanol–water partition coefficient (Wildman–Crippen LogP) is 2.51. The lowest BCUT2D eigenvalue weighted by Crippen LogP contribution is -2.48. The van der Waals surface area contributed by atoms with Crippen molar-refractivity contribution in [3.8, 4) is 0 Å². The van der Waals surface area contributed by atoms with E-state index < -0.39 is 16.1 Å². The maximum atomic E-state index is 12.5. The molecule has 134 valence electrons. The number of amides is 1. The summed E-state index contributed by atoms with van der Waals surface area (Å²) in [4.78, 5) is 12.5. The van der Waals surface area contributed by atoms with Crippen LogP contribution >= 0.6 is 0 Å². The summed E-state index contributed by atoms with van der Waals surface area (Å²) in [6.45, 7) is 3.94. The fourth-order valence-corrected chi connectivity index (χ4v) is 3.86. The maximum absolute atomic E-state index is 12.5. The van der Waals surface area contributed by atoms with Crippen LogP contribution in [0.4, 0.5) is 5.69 Å². The monoisotopic (exact) mass is 360 g/mol. The molecule has 1 atom stereocenters. The number of rotatable bonds is 7. The molecule has 0 heterocycles. The first-order valence-electron chi connectivity index (χ1n) is 8.17. The molecule has 1 amide bonds. The summed E-state index contributed by atoms with van der Waals surface area (Å²) in [5.74, 6) is -0.317. The maximum Gasteiger partial charge on any atom is 0.243 e. The first-order chi connectivity index (χ1) is 11.8. The Morgan fingerprint density at radius 2 is 1.80 bits per heavy atom. The molecule has 0 bridgehead atoms. The van der Waals surface area contributed by atoms with Gasteiger partial charge in [0.1, 0.15) is 6.04 Å². The van der Waals surface area contributed by atoms with Gasteiger partial charge in [-0.3, -0.25) is 9.10 Å². The van der Waals surface area contributed by atoms with E-state index in [1.54, 1.807) is 25.1 Å². The molecule has 5 nitrogen and oxygen atoms in total. The van der Waals surface area contributed by atoms with Gasteiger partial charge in [-0.2, -0.15) is 0 Å². The van der Waals surface area contributed by atoms with Crippen LogP contribution in [0, 0.1) is 6.92 Å². The van der Waals surface area contributed by atoms with Crippen LogP contribution in [-0.4, -0.2) is 33.2 Å². The number of carbonyl (C=O) groups is 1. The number of hydrogen-bond acceptors (Lipinski definition) is 3. The Kier molecular flexibility index (Phi) is 6.20. The lowest BCUT2D eigenvalue weighted by Gasteiger charge is -2.28. The van der Waals surface area contributed by atoms with Gasteiger partial charge in [-0.25, -0.2) is 8.42 Å². The number of sulfonamides is 1. The molecule has 0 saturated carbocycles. The zero-order chi connectivity index (χ0) is 18.4. The van der Waals surface area contributed by atoms with Crippen molar-refractivity contribution in [3.05, 3.63) is 65.7 Å². The first kappa shape index (κ1) is 19.0. The van der Waals surface area contributed by atoms with Gasteiger partial charge in [0.25, 0.3) is 0 Å². The Morgan fingerprint density at radius 1 is 1.12 bits per heavy atom. The van der Waals surface area contributed by atoms with E-state index in [4.69, 9.17) is 0 Å². The van der Waals surface area contributed by atoms with Crippen LogP contribution in [0.3, 0.4) is 0 Å². The highest BCUT2D eigenvalue weighted by atomic mass is 32.2. The van der Waals surface area contributed by atoms with Gasteiger partial charge in [0, 0.05) is 6.54 Å². The highest BCUT2D eigenvalue weighted by Gasteiger charge is 2.28. The summed E-state index contributed by atoms with van der Waals surface area (Å²) < 4.78 is 25.6. The largest absolute Gasteiger partial charge is 0.354 e. The molecule has 2 rings (SSSR count). The highest BCUT2D eigenvalue weighted by molar-refractivity contribution is 7.92. The third-order valence-electron chi connectivity index (χ3n) is 3.90. The van der Waals surface area contributed by atoms with E-state index >= 15 is 0 Å². The molecule has 0 saturated heterocycles. The van der Waals surface area contributed by atoms with Gasteiger partial charge >= 0.3 is 0 Å². The van der Waals surface area contributed by atoms with Crippen LogP contribution in [-0.2, 0) is 21.2 Å². The number of benzene rings is 2. The van der Waals surface area contributed by atoms with Crippen LogP contribution in [0.15, 0.2) is 54.6 Å². The predicted molar refractivity (Wildman–Crippen MR) is 101 cm³/mol. The van der Waals surface area contributed by atoms with Gasteiger partial charge in [-0.15, -0.1) is 0 Å². The van der Waals surface area contributed by atoms with Crippen LogP contribution < -0.4 is 9.62 Å². The first-order valence-corrected chi connectivity index (χ1v) is 10.0. The van der Waals surface area contributed by atoms with Crippen molar-refractivity contribution < 1.29 is 13.2 Å². The molecule has 0 aliphatic heterocycles. The summed E-state index contributed by atoms with van der Waals surface area (Å²) >= 11 is 0. The van der Waals surface area contributed by atoms with Crippen molar-refractivity contribution in [1.29, 1.82) is 0 Å². The van der Waals surface area contributed by atoms with E-state index in [9.17, 15) is 13.2 Å². The molecule has 2 aromatic rings. The van der Waals surface area contributed by atoms with Crippen LogP contribution in [0.1, 0.15) is 18.1 Å². The lowest BCUT2D eigenvalue weighted by molar-refractivity contribution is -0.121. The standard InChI is InChI=1S/C19H24N2O3S/c1-15-8-7-11-18(14-15)21(25(3,23)24)16(2)19(22)20-13-12-17-9-5-4-6-10-17/h4-11,14,16H,12-13H2,1-3H3,(H,20,22)/t16-/m1/s1. The molecule has 1 N–H and O–H groups in total. The van der Waals surface area contributed by atoms with Crippen molar-refractivity contribution in [3.63, 3.8) is 0 Å². The quantitative estimate of drug-likeness (QED) is 0.825. The van der Waals surface area contributed by atoms with E-state index in [0.717, 1.165) is 21.7 Å². The fourth-order valence-electron chi connectivity index (χ4n) is 2.70. The molecule has 0 aliphatic rings. The second-order valence-corrected chi connectivity index (χ2v) is 7.96. The Hall–Kier alpha value is -2.34. The third kappa shape index (κ3) is 5.32. The zero-order valence-electron chi connectivity index (χ0n) is 14.8. The van der Waals surface area contributed by atoms with Crippen molar-refractivity contribution in [2.75, 3.05) is 17.1 Å².